The highest BCUT2D eigenvalue weighted by atomic mass is 16.5. The number of hydrogen-bond donors (Lipinski definition) is 1. The molecule has 2 aromatic rings. The van der Waals surface area contributed by atoms with Crippen molar-refractivity contribution >= 4 is 5.69 Å². The molecule has 2 aromatic carbocycles. The van der Waals surface area contributed by atoms with E-state index in [0.29, 0.717) is 5.92 Å². The molecule has 0 fully saturated rings. The van der Waals surface area contributed by atoms with Crippen LogP contribution in [0.5, 0.6) is 5.75 Å². The largest absolute Gasteiger partial charge is 0.494 e. The van der Waals surface area contributed by atoms with Crippen LogP contribution in [0.15, 0.2) is 48.5 Å². The minimum Gasteiger partial charge on any atom is -0.494 e. The first-order valence-electron chi connectivity index (χ1n) is 7.75. The van der Waals surface area contributed by atoms with Gasteiger partial charge in [0, 0.05) is 12.2 Å². The maximum atomic E-state index is 5.60. The van der Waals surface area contributed by atoms with E-state index in [1.54, 1.807) is 0 Å². The fourth-order valence-electron chi connectivity index (χ4n) is 2.28. The molecule has 1 N–H and O–H groups in total. The smallest absolute Gasteiger partial charge is 0.119 e. The molecule has 0 saturated carbocycles. The zero-order valence-corrected chi connectivity index (χ0v) is 13.2. The molecule has 0 aromatic heterocycles. The second-order valence-electron chi connectivity index (χ2n) is 5.59. The van der Waals surface area contributed by atoms with Crippen molar-refractivity contribution in [3.8, 4) is 5.75 Å². The lowest BCUT2D eigenvalue weighted by atomic mass is 10.0. The number of benzene rings is 2. The van der Waals surface area contributed by atoms with Crippen molar-refractivity contribution in [1.29, 1.82) is 0 Å². The van der Waals surface area contributed by atoms with Gasteiger partial charge in [-0.1, -0.05) is 51.1 Å². The second-order valence-corrected chi connectivity index (χ2v) is 5.59. The molecule has 0 bridgehead atoms. The van der Waals surface area contributed by atoms with Crippen molar-refractivity contribution in [2.45, 2.75) is 39.7 Å². The molecule has 0 amide bonds. The van der Waals surface area contributed by atoms with Crippen molar-refractivity contribution in [2.75, 3.05) is 11.9 Å². The number of rotatable bonds is 7. The standard InChI is InChI=1S/C19H25NO/c1-4-13-21-17-11-9-16(10-12-17)14-20-19-8-6-5-7-18(19)15(2)3/h5-12,15,20H,4,13-14H2,1-3H3. The van der Waals surface area contributed by atoms with Gasteiger partial charge in [0.25, 0.3) is 0 Å². The highest BCUT2D eigenvalue weighted by molar-refractivity contribution is 5.52. The van der Waals surface area contributed by atoms with Crippen LogP contribution in [-0.2, 0) is 6.54 Å². The van der Waals surface area contributed by atoms with Crippen molar-refractivity contribution in [3.05, 3.63) is 59.7 Å². The summed E-state index contributed by atoms with van der Waals surface area (Å²) in [6.07, 6.45) is 1.04. The predicted molar refractivity (Wildman–Crippen MR) is 90.1 cm³/mol. The molecular formula is C19H25NO. The number of para-hydroxylation sites is 1. The topological polar surface area (TPSA) is 21.3 Å². The minimum atomic E-state index is 0.526. The van der Waals surface area contributed by atoms with Gasteiger partial charge in [-0.05, 0) is 41.7 Å². The maximum absolute atomic E-state index is 5.60. The summed E-state index contributed by atoms with van der Waals surface area (Å²) in [6, 6.07) is 16.8. The molecule has 0 atom stereocenters. The molecule has 0 aliphatic carbocycles. The quantitative estimate of drug-likeness (QED) is 0.753. The molecule has 0 aliphatic rings. The summed E-state index contributed by atoms with van der Waals surface area (Å²) in [5, 5.41) is 3.53. The fraction of sp³-hybridized carbons (Fsp3) is 0.368. The van der Waals surface area contributed by atoms with Crippen molar-refractivity contribution in [2.24, 2.45) is 0 Å². The molecule has 0 unspecified atom stereocenters. The summed E-state index contributed by atoms with van der Waals surface area (Å²) in [7, 11) is 0. The highest BCUT2D eigenvalue weighted by Gasteiger charge is 2.05. The molecule has 0 heterocycles. The Kier molecular flexibility index (Phi) is 5.68. The molecule has 0 saturated heterocycles. The Balaban J connectivity index is 1.97. The van der Waals surface area contributed by atoms with Gasteiger partial charge < -0.3 is 10.1 Å². The third kappa shape index (κ3) is 4.52. The Labute approximate surface area is 128 Å². The molecule has 2 nitrogen and oxygen atoms in total. The van der Waals surface area contributed by atoms with Gasteiger partial charge in [-0.15, -0.1) is 0 Å². The van der Waals surface area contributed by atoms with Crippen LogP contribution in [0.4, 0.5) is 5.69 Å². The van der Waals surface area contributed by atoms with E-state index >= 15 is 0 Å². The van der Waals surface area contributed by atoms with Gasteiger partial charge in [-0.2, -0.15) is 0 Å². The molecule has 112 valence electrons. The number of anilines is 1. The monoisotopic (exact) mass is 283 g/mol. The fourth-order valence-corrected chi connectivity index (χ4v) is 2.28. The lowest BCUT2D eigenvalue weighted by Gasteiger charge is -2.14. The van der Waals surface area contributed by atoms with E-state index in [4.69, 9.17) is 4.74 Å². The zero-order chi connectivity index (χ0) is 15.1. The predicted octanol–water partition coefficient (Wildman–Crippen LogP) is 5.21. The van der Waals surface area contributed by atoms with Crippen molar-refractivity contribution < 1.29 is 4.74 Å². The van der Waals surface area contributed by atoms with Crippen LogP contribution in [0.25, 0.3) is 0 Å². The zero-order valence-electron chi connectivity index (χ0n) is 13.2. The molecular weight excluding hydrogens is 258 g/mol. The van der Waals surface area contributed by atoms with E-state index < -0.39 is 0 Å². The third-order valence-corrected chi connectivity index (χ3v) is 3.46. The van der Waals surface area contributed by atoms with E-state index in [2.05, 4.69) is 62.5 Å². The molecule has 21 heavy (non-hydrogen) atoms. The number of ether oxygens (including phenoxy) is 1. The van der Waals surface area contributed by atoms with Crippen LogP contribution < -0.4 is 10.1 Å². The SMILES string of the molecule is CCCOc1ccc(CNc2ccccc2C(C)C)cc1. The van der Waals surface area contributed by atoms with E-state index in [0.717, 1.165) is 25.3 Å². The summed E-state index contributed by atoms with van der Waals surface area (Å²) in [5.74, 6) is 1.47. The van der Waals surface area contributed by atoms with Crippen LogP contribution in [0, 0.1) is 0 Å². The average molecular weight is 283 g/mol. The Hall–Kier alpha value is -1.96. The van der Waals surface area contributed by atoms with E-state index in [-0.39, 0.29) is 0 Å². The van der Waals surface area contributed by atoms with Crippen LogP contribution in [0.1, 0.15) is 44.2 Å². The summed E-state index contributed by atoms with van der Waals surface area (Å²) in [5.41, 5.74) is 3.84. The lowest BCUT2D eigenvalue weighted by Crippen LogP contribution is -2.03. The first kappa shape index (κ1) is 15.4. The molecule has 0 aliphatic heterocycles. The number of hydrogen-bond acceptors (Lipinski definition) is 2. The Morgan fingerprint density at radius 2 is 1.71 bits per heavy atom. The van der Waals surface area contributed by atoms with Gasteiger partial charge in [0.15, 0.2) is 0 Å². The average Bonchev–Trinajstić information content (AvgIpc) is 2.52. The van der Waals surface area contributed by atoms with Gasteiger partial charge in [-0.3, -0.25) is 0 Å². The third-order valence-electron chi connectivity index (χ3n) is 3.46. The van der Waals surface area contributed by atoms with Crippen molar-refractivity contribution in [3.63, 3.8) is 0 Å². The Morgan fingerprint density at radius 1 is 1.00 bits per heavy atom. The molecule has 0 radical (unpaired) electrons. The highest BCUT2D eigenvalue weighted by Crippen LogP contribution is 2.24. The normalized spacial score (nSPS) is 10.7. The summed E-state index contributed by atoms with van der Waals surface area (Å²) < 4.78 is 5.60. The molecule has 2 rings (SSSR count). The summed E-state index contributed by atoms with van der Waals surface area (Å²) in [4.78, 5) is 0. The summed E-state index contributed by atoms with van der Waals surface area (Å²) in [6.45, 7) is 8.17. The van der Waals surface area contributed by atoms with Crippen LogP contribution in [0.3, 0.4) is 0 Å². The van der Waals surface area contributed by atoms with Gasteiger partial charge in [-0.25, -0.2) is 0 Å². The second kappa shape index (κ2) is 7.72. The van der Waals surface area contributed by atoms with E-state index in [1.807, 2.05) is 12.1 Å². The first-order chi connectivity index (χ1) is 10.2. The van der Waals surface area contributed by atoms with Gasteiger partial charge in [0.2, 0.25) is 0 Å². The first-order valence-corrected chi connectivity index (χ1v) is 7.75. The Morgan fingerprint density at radius 3 is 2.38 bits per heavy atom. The number of nitrogens with one attached hydrogen (secondary N) is 1. The van der Waals surface area contributed by atoms with Crippen LogP contribution >= 0.6 is 0 Å². The maximum Gasteiger partial charge on any atom is 0.119 e. The van der Waals surface area contributed by atoms with Crippen LogP contribution in [0.2, 0.25) is 0 Å². The van der Waals surface area contributed by atoms with Gasteiger partial charge in [0.05, 0.1) is 6.61 Å². The van der Waals surface area contributed by atoms with E-state index in [9.17, 15) is 0 Å². The molecule has 0 spiro atoms. The summed E-state index contributed by atoms with van der Waals surface area (Å²) >= 11 is 0. The lowest BCUT2D eigenvalue weighted by molar-refractivity contribution is 0.317. The van der Waals surface area contributed by atoms with E-state index in [1.165, 1.54) is 16.8 Å². The Bertz CT molecular complexity index is 546. The van der Waals surface area contributed by atoms with Gasteiger partial charge in [0.1, 0.15) is 5.75 Å². The van der Waals surface area contributed by atoms with Crippen molar-refractivity contribution in [1.82, 2.24) is 0 Å². The molecule has 2 heteroatoms. The minimum absolute atomic E-state index is 0.526. The van der Waals surface area contributed by atoms with Gasteiger partial charge >= 0.3 is 0 Å². The van der Waals surface area contributed by atoms with Crippen LogP contribution in [-0.4, -0.2) is 6.61 Å².